The van der Waals surface area contributed by atoms with Gasteiger partial charge in [-0.1, -0.05) is 0 Å². The van der Waals surface area contributed by atoms with Crippen LogP contribution in [0.15, 0.2) is 29.4 Å². The molecule has 2 aromatic carbocycles. The van der Waals surface area contributed by atoms with Gasteiger partial charge in [-0.25, -0.2) is 5.43 Å². The molecule has 0 heterocycles. The molecule has 0 saturated heterocycles. The second kappa shape index (κ2) is 10.0. The van der Waals surface area contributed by atoms with Crippen molar-refractivity contribution >= 4 is 18.1 Å². The van der Waals surface area contributed by atoms with Gasteiger partial charge in [-0.15, -0.1) is 0 Å². The zero-order valence-corrected chi connectivity index (χ0v) is 17.1. The van der Waals surface area contributed by atoms with E-state index in [1.807, 2.05) is 0 Å². The van der Waals surface area contributed by atoms with Gasteiger partial charge < -0.3 is 33.6 Å². The van der Waals surface area contributed by atoms with Crippen molar-refractivity contribution in [3.05, 3.63) is 41.0 Å². The summed E-state index contributed by atoms with van der Waals surface area (Å²) >= 11 is 0. The number of rotatable bonds is 9. The van der Waals surface area contributed by atoms with Crippen LogP contribution in [0, 0.1) is 0 Å². The quantitative estimate of drug-likeness (QED) is 0.470. The first-order valence-corrected chi connectivity index (χ1v) is 8.51. The van der Waals surface area contributed by atoms with Gasteiger partial charge in [-0.3, -0.25) is 4.79 Å². The molecule has 1 N–H and O–H groups in total. The van der Waals surface area contributed by atoms with Gasteiger partial charge in [0.1, 0.15) is 0 Å². The van der Waals surface area contributed by atoms with Gasteiger partial charge in [0.15, 0.2) is 23.0 Å². The lowest BCUT2D eigenvalue weighted by Crippen LogP contribution is -2.25. The van der Waals surface area contributed by atoms with E-state index in [-0.39, 0.29) is 28.2 Å². The zero-order valence-electron chi connectivity index (χ0n) is 17.1. The fourth-order valence-corrected chi connectivity index (χ4v) is 2.70. The molecule has 0 aliphatic carbocycles. The SMILES string of the molecule is COc1cc(C(=O)NN=Cc2ccc(OC)c(OC)c2C(=O)[O-])cc(OC)c1OC. The average Bonchev–Trinajstić information content (AvgIpc) is 2.76. The Morgan fingerprint density at radius 1 is 0.867 bits per heavy atom. The van der Waals surface area contributed by atoms with Crippen molar-refractivity contribution in [2.45, 2.75) is 0 Å². The van der Waals surface area contributed by atoms with Crippen LogP contribution in [0.3, 0.4) is 0 Å². The average molecular weight is 417 g/mol. The van der Waals surface area contributed by atoms with E-state index in [9.17, 15) is 14.7 Å². The Kier molecular flexibility index (Phi) is 7.45. The van der Waals surface area contributed by atoms with Crippen molar-refractivity contribution in [1.29, 1.82) is 0 Å². The number of hydrazone groups is 1. The lowest BCUT2D eigenvalue weighted by molar-refractivity contribution is -0.255. The molecular formula is C20H21N2O8-. The Labute approximate surface area is 173 Å². The first-order chi connectivity index (χ1) is 14.4. The van der Waals surface area contributed by atoms with Crippen LogP contribution in [-0.2, 0) is 0 Å². The number of carbonyl (C=O) groups excluding carboxylic acids is 2. The number of benzene rings is 2. The highest BCUT2D eigenvalue weighted by Gasteiger charge is 2.17. The van der Waals surface area contributed by atoms with Gasteiger partial charge in [0, 0.05) is 11.1 Å². The number of hydrogen-bond donors (Lipinski definition) is 1. The number of hydrogen-bond acceptors (Lipinski definition) is 9. The highest BCUT2D eigenvalue weighted by molar-refractivity contribution is 6.01. The van der Waals surface area contributed by atoms with Gasteiger partial charge in [0.2, 0.25) is 5.75 Å². The molecule has 1 amide bonds. The van der Waals surface area contributed by atoms with E-state index >= 15 is 0 Å². The van der Waals surface area contributed by atoms with Crippen molar-refractivity contribution in [3.8, 4) is 28.7 Å². The van der Waals surface area contributed by atoms with Crippen LogP contribution >= 0.6 is 0 Å². The molecule has 30 heavy (non-hydrogen) atoms. The summed E-state index contributed by atoms with van der Waals surface area (Å²) in [5, 5.41) is 15.4. The number of amides is 1. The summed E-state index contributed by atoms with van der Waals surface area (Å²) < 4.78 is 25.8. The second-order valence-electron chi connectivity index (χ2n) is 5.67. The number of ether oxygens (including phenoxy) is 5. The number of carbonyl (C=O) groups is 2. The van der Waals surface area contributed by atoms with Crippen molar-refractivity contribution in [1.82, 2.24) is 5.43 Å². The fraction of sp³-hybridized carbons (Fsp3) is 0.250. The first-order valence-electron chi connectivity index (χ1n) is 8.51. The maximum Gasteiger partial charge on any atom is 0.271 e. The summed E-state index contributed by atoms with van der Waals surface area (Å²) in [6.07, 6.45) is 1.16. The first kappa shape index (κ1) is 22.3. The standard InChI is InChI=1S/C20H22N2O8/c1-26-13-7-6-11(16(20(24)25)18(13)30-5)10-21-22-19(23)12-8-14(27-2)17(29-4)15(9-12)28-3/h6-10H,1-5H3,(H,22,23)(H,24,25)/p-1. The third kappa shape index (κ3) is 4.54. The summed E-state index contributed by atoms with van der Waals surface area (Å²) in [6, 6.07) is 5.86. The second-order valence-corrected chi connectivity index (χ2v) is 5.67. The van der Waals surface area contributed by atoms with E-state index in [2.05, 4.69) is 10.5 Å². The summed E-state index contributed by atoms with van der Waals surface area (Å²) in [7, 11) is 6.98. The van der Waals surface area contributed by atoms with Gasteiger partial charge in [0.25, 0.3) is 5.91 Å². The Morgan fingerprint density at radius 2 is 1.43 bits per heavy atom. The molecule has 0 radical (unpaired) electrons. The third-order valence-corrected chi connectivity index (χ3v) is 4.08. The molecule has 0 aromatic heterocycles. The fourth-order valence-electron chi connectivity index (χ4n) is 2.70. The number of methoxy groups -OCH3 is 5. The number of nitrogens with one attached hydrogen (secondary N) is 1. The Balaban J connectivity index is 2.32. The van der Waals surface area contributed by atoms with E-state index in [0.717, 1.165) is 6.21 Å². The highest BCUT2D eigenvalue weighted by Crippen LogP contribution is 2.38. The lowest BCUT2D eigenvalue weighted by Gasteiger charge is -2.15. The molecule has 0 aliphatic heterocycles. The van der Waals surface area contributed by atoms with Gasteiger partial charge in [-0.05, 0) is 24.3 Å². The van der Waals surface area contributed by atoms with Crippen molar-refractivity contribution < 1.29 is 38.4 Å². The van der Waals surface area contributed by atoms with Crippen LogP contribution in [0.5, 0.6) is 28.7 Å². The van der Waals surface area contributed by atoms with E-state index in [4.69, 9.17) is 23.7 Å². The Bertz CT molecular complexity index is 947. The lowest BCUT2D eigenvalue weighted by atomic mass is 10.1. The number of nitrogens with zero attached hydrogens (tertiary/aromatic N) is 1. The third-order valence-electron chi connectivity index (χ3n) is 4.08. The number of carboxylic acid groups (broad SMARTS) is 1. The molecule has 10 heteroatoms. The summed E-state index contributed by atoms with van der Waals surface area (Å²) in [6.45, 7) is 0. The molecule has 0 unspecified atom stereocenters. The van der Waals surface area contributed by atoms with Crippen LogP contribution in [0.2, 0.25) is 0 Å². The van der Waals surface area contributed by atoms with Crippen LogP contribution in [0.4, 0.5) is 0 Å². The summed E-state index contributed by atoms with van der Waals surface area (Å²) in [4.78, 5) is 24.0. The molecule has 160 valence electrons. The maximum atomic E-state index is 12.5. The minimum absolute atomic E-state index is 0.0163. The Morgan fingerprint density at radius 3 is 1.90 bits per heavy atom. The molecule has 2 rings (SSSR count). The van der Waals surface area contributed by atoms with Gasteiger partial charge in [0.05, 0.1) is 53.3 Å². The van der Waals surface area contributed by atoms with Crippen molar-refractivity contribution in [3.63, 3.8) is 0 Å². The molecule has 0 atom stereocenters. The van der Waals surface area contributed by atoms with Crippen LogP contribution < -0.4 is 34.2 Å². The number of carboxylic acids is 1. The van der Waals surface area contributed by atoms with Gasteiger partial charge >= 0.3 is 0 Å². The van der Waals surface area contributed by atoms with Gasteiger partial charge in [-0.2, -0.15) is 5.10 Å². The van der Waals surface area contributed by atoms with Crippen LogP contribution in [0.25, 0.3) is 0 Å². The molecule has 10 nitrogen and oxygen atoms in total. The molecule has 0 aliphatic rings. The zero-order chi connectivity index (χ0) is 22.3. The molecular weight excluding hydrogens is 396 g/mol. The van der Waals surface area contributed by atoms with Crippen LogP contribution in [-0.4, -0.2) is 53.6 Å². The van der Waals surface area contributed by atoms with E-state index in [1.165, 1.54) is 59.8 Å². The summed E-state index contributed by atoms with van der Waals surface area (Å²) in [5.41, 5.74) is 2.39. The molecule has 0 fully saturated rings. The molecule has 0 saturated carbocycles. The molecule has 2 aromatic rings. The number of aromatic carboxylic acids is 1. The van der Waals surface area contributed by atoms with E-state index in [0.29, 0.717) is 17.2 Å². The largest absolute Gasteiger partial charge is 0.545 e. The van der Waals surface area contributed by atoms with Crippen molar-refractivity contribution in [2.75, 3.05) is 35.5 Å². The molecule has 0 spiro atoms. The summed E-state index contributed by atoms with van der Waals surface area (Å²) in [5.74, 6) is -0.934. The smallest absolute Gasteiger partial charge is 0.271 e. The minimum atomic E-state index is -1.48. The molecule has 0 bridgehead atoms. The van der Waals surface area contributed by atoms with E-state index < -0.39 is 11.9 Å². The predicted octanol–water partition coefficient (Wildman–Crippen LogP) is 0.857. The highest BCUT2D eigenvalue weighted by atomic mass is 16.5. The van der Waals surface area contributed by atoms with Crippen molar-refractivity contribution in [2.24, 2.45) is 5.10 Å². The Hall–Kier alpha value is -3.95. The van der Waals surface area contributed by atoms with Crippen LogP contribution in [0.1, 0.15) is 26.3 Å². The topological polar surface area (TPSA) is 128 Å². The predicted molar refractivity (Wildman–Crippen MR) is 105 cm³/mol. The monoisotopic (exact) mass is 417 g/mol. The maximum absolute atomic E-state index is 12.5. The normalized spacial score (nSPS) is 10.4. The minimum Gasteiger partial charge on any atom is -0.545 e. The van der Waals surface area contributed by atoms with E-state index in [1.54, 1.807) is 0 Å².